The van der Waals surface area contributed by atoms with Crippen LogP contribution in [0.4, 0.5) is 0 Å². The maximum absolute atomic E-state index is 11.0. The summed E-state index contributed by atoms with van der Waals surface area (Å²) < 4.78 is 4.56. The summed E-state index contributed by atoms with van der Waals surface area (Å²) >= 11 is 1.75. The molecule has 0 heterocycles. The van der Waals surface area contributed by atoms with E-state index in [1.807, 2.05) is 18.2 Å². The molecule has 0 radical (unpaired) electrons. The van der Waals surface area contributed by atoms with E-state index in [0.29, 0.717) is 6.42 Å². The zero-order valence-electron chi connectivity index (χ0n) is 10.5. The zero-order valence-corrected chi connectivity index (χ0v) is 11.4. The zero-order chi connectivity index (χ0) is 13.2. The standard InChI is InChI=1S/C14H19NO2S/c1-17-14(16)13(15)9-11-18-10-5-8-12-6-3-2-4-7-12/h2-8,13H,9-11,15H2,1H3. The average Bonchev–Trinajstić information content (AvgIpc) is 2.42. The summed E-state index contributed by atoms with van der Waals surface area (Å²) in [7, 11) is 1.36. The molecule has 1 rings (SSSR count). The van der Waals surface area contributed by atoms with Gasteiger partial charge in [-0.2, -0.15) is 11.8 Å². The molecule has 98 valence electrons. The number of carbonyl (C=O) groups is 1. The third-order valence-electron chi connectivity index (χ3n) is 2.40. The topological polar surface area (TPSA) is 52.3 Å². The van der Waals surface area contributed by atoms with Crippen LogP contribution in [0.3, 0.4) is 0 Å². The van der Waals surface area contributed by atoms with Crippen molar-refractivity contribution < 1.29 is 9.53 Å². The highest BCUT2D eigenvalue weighted by atomic mass is 32.2. The van der Waals surface area contributed by atoms with Crippen LogP contribution in [0.5, 0.6) is 0 Å². The van der Waals surface area contributed by atoms with Crippen molar-refractivity contribution in [2.75, 3.05) is 18.6 Å². The van der Waals surface area contributed by atoms with Gasteiger partial charge in [-0.25, -0.2) is 0 Å². The Balaban J connectivity index is 2.12. The molecule has 4 heteroatoms. The molecule has 0 saturated carbocycles. The summed E-state index contributed by atoms with van der Waals surface area (Å²) in [4.78, 5) is 11.0. The van der Waals surface area contributed by atoms with E-state index in [1.54, 1.807) is 11.8 Å². The van der Waals surface area contributed by atoms with Gasteiger partial charge in [-0.05, 0) is 17.7 Å². The SMILES string of the molecule is COC(=O)C(N)CCSCC=Cc1ccccc1. The normalized spacial score (nSPS) is 12.6. The second-order valence-corrected chi connectivity index (χ2v) is 4.96. The Morgan fingerprint density at radius 2 is 2.17 bits per heavy atom. The minimum Gasteiger partial charge on any atom is -0.468 e. The van der Waals surface area contributed by atoms with Crippen molar-refractivity contribution in [3.8, 4) is 0 Å². The van der Waals surface area contributed by atoms with Crippen molar-refractivity contribution in [2.45, 2.75) is 12.5 Å². The highest BCUT2D eigenvalue weighted by Gasteiger charge is 2.12. The molecule has 0 aromatic heterocycles. The maximum Gasteiger partial charge on any atom is 0.322 e. The van der Waals surface area contributed by atoms with Gasteiger partial charge in [-0.1, -0.05) is 42.5 Å². The molecule has 0 amide bonds. The molecule has 0 aliphatic rings. The number of ether oxygens (including phenoxy) is 1. The lowest BCUT2D eigenvalue weighted by Gasteiger charge is -2.07. The molecule has 3 nitrogen and oxygen atoms in total. The molecule has 0 fully saturated rings. The van der Waals surface area contributed by atoms with Crippen LogP contribution in [0.1, 0.15) is 12.0 Å². The van der Waals surface area contributed by atoms with E-state index in [0.717, 1.165) is 11.5 Å². The second-order valence-electron chi connectivity index (χ2n) is 3.81. The average molecular weight is 265 g/mol. The van der Waals surface area contributed by atoms with Gasteiger partial charge in [0.25, 0.3) is 0 Å². The van der Waals surface area contributed by atoms with Crippen LogP contribution < -0.4 is 5.73 Å². The second kappa shape index (κ2) is 8.78. The van der Waals surface area contributed by atoms with Crippen LogP contribution in [0.25, 0.3) is 6.08 Å². The van der Waals surface area contributed by atoms with Gasteiger partial charge in [-0.15, -0.1) is 0 Å². The van der Waals surface area contributed by atoms with Gasteiger partial charge in [0.2, 0.25) is 0 Å². The van der Waals surface area contributed by atoms with Crippen molar-refractivity contribution in [1.29, 1.82) is 0 Å². The Kier molecular flexibility index (Phi) is 7.22. The Hall–Kier alpha value is -1.26. The summed E-state index contributed by atoms with van der Waals surface area (Å²) in [6.07, 6.45) is 4.85. The van der Waals surface area contributed by atoms with E-state index in [1.165, 1.54) is 12.7 Å². The Morgan fingerprint density at radius 1 is 1.44 bits per heavy atom. The third-order valence-corrected chi connectivity index (χ3v) is 3.35. The van der Waals surface area contributed by atoms with Gasteiger partial charge >= 0.3 is 5.97 Å². The molecule has 1 atom stereocenters. The van der Waals surface area contributed by atoms with Crippen LogP contribution in [-0.2, 0) is 9.53 Å². The lowest BCUT2D eigenvalue weighted by Crippen LogP contribution is -2.31. The summed E-state index contributed by atoms with van der Waals surface area (Å²) in [5.74, 6) is 1.44. The quantitative estimate of drug-likeness (QED) is 0.607. The molecule has 0 saturated heterocycles. The maximum atomic E-state index is 11.0. The molecule has 0 aliphatic heterocycles. The van der Waals surface area contributed by atoms with Gasteiger partial charge in [0.15, 0.2) is 0 Å². The number of nitrogens with two attached hydrogens (primary N) is 1. The fraction of sp³-hybridized carbons (Fsp3) is 0.357. The fourth-order valence-corrected chi connectivity index (χ4v) is 2.20. The van der Waals surface area contributed by atoms with Crippen molar-refractivity contribution >= 4 is 23.8 Å². The highest BCUT2D eigenvalue weighted by Crippen LogP contribution is 2.07. The van der Waals surface area contributed by atoms with Crippen LogP contribution in [0, 0.1) is 0 Å². The predicted molar refractivity (Wildman–Crippen MR) is 77.4 cm³/mol. The number of esters is 1. The molecular weight excluding hydrogens is 246 g/mol. The van der Waals surface area contributed by atoms with E-state index in [-0.39, 0.29) is 5.97 Å². The minimum atomic E-state index is -0.499. The first kappa shape index (κ1) is 14.8. The van der Waals surface area contributed by atoms with Crippen molar-refractivity contribution in [3.05, 3.63) is 42.0 Å². The van der Waals surface area contributed by atoms with Crippen molar-refractivity contribution in [1.82, 2.24) is 0 Å². The van der Waals surface area contributed by atoms with Crippen LogP contribution in [0.15, 0.2) is 36.4 Å². The van der Waals surface area contributed by atoms with Crippen LogP contribution in [0.2, 0.25) is 0 Å². The number of thioether (sulfide) groups is 1. The Morgan fingerprint density at radius 3 is 2.83 bits per heavy atom. The van der Waals surface area contributed by atoms with Crippen molar-refractivity contribution in [3.63, 3.8) is 0 Å². The molecule has 1 aromatic carbocycles. The molecule has 1 aromatic rings. The van der Waals surface area contributed by atoms with E-state index < -0.39 is 6.04 Å². The van der Waals surface area contributed by atoms with E-state index in [4.69, 9.17) is 5.73 Å². The number of benzene rings is 1. The summed E-state index contributed by atoms with van der Waals surface area (Å²) in [6, 6.07) is 9.66. The Labute approximate surface area is 112 Å². The largest absolute Gasteiger partial charge is 0.468 e. The monoisotopic (exact) mass is 265 g/mol. The van der Waals surface area contributed by atoms with Gasteiger partial charge in [0.05, 0.1) is 7.11 Å². The van der Waals surface area contributed by atoms with E-state index >= 15 is 0 Å². The van der Waals surface area contributed by atoms with Gasteiger partial charge in [-0.3, -0.25) is 4.79 Å². The summed E-state index contributed by atoms with van der Waals surface area (Å²) in [6.45, 7) is 0. The number of methoxy groups -OCH3 is 1. The Bertz CT molecular complexity index is 379. The summed E-state index contributed by atoms with van der Waals surface area (Å²) in [5.41, 5.74) is 6.83. The van der Waals surface area contributed by atoms with Gasteiger partial charge in [0.1, 0.15) is 6.04 Å². The molecule has 0 bridgehead atoms. The lowest BCUT2D eigenvalue weighted by atomic mass is 10.2. The summed E-state index contributed by atoms with van der Waals surface area (Å²) in [5, 5.41) is 0. The predicted octanol–water partition coefficient (Wildman–Crippen LogP) is 2.32. The third kappa shape index (κ3) is 5.89. The number of carbonyl (C=O) groups excluding carboxylic acids is 1. The first-order chi connectivity index (χ1) is 8.74. The first-order valence-corrected chi connectivity index (χ1v) is 7.02. The van der Waals surface area contributed by atoms with E-state index in [9.17, 15) is 4.79 Å². The first-order valence-electron chi connectivity index (χ1n) is 5.87. The molecular formula is C14H19NO2S. The number of hydrogen-bond donors (Lipinski definition) is 1. The van der Waals surface area contributed by atoms with Gasteiger partial charge < -0.3 is 10.5 Å². The molecule has 0 aliphatic carbocycles. The van der Waals surface area contributed by atoms with E-state index in [2.05, 4.69) is 29.0 Å². The minimum absolute atomic E-state index is 0.338. The highest BCUT2D eigenvalue weighted by molar-refractivity contribution is 7.99. The lowest BCUT2D eigenvalue weighted by molar-refractivity contribution is -0.142. The fourth-order valence-electron chi connectivity index (χ4n) is 1.38. The smallest absolute Gasteiger partial charge is 0.322 e. The van der Waals surface area contributed by atoms with Crippen molar-refractivity contribution in [2.24, 2.45) is 5.73 Å². The molecule has 2 N–H and O–H groups in total. The van der Waals surface area contributed by atoms with Crippen LogP contribution >= 0.6 is 11.8 Å². The molecule has 18 heavy (non-hydrogen) atoms. The molecule has 1 unspecified atom stereocenters. The number of rotatable bonds is 7. The number of hydrogen-bond acceptors (Lipinski definition) is 4. The van der Waals surface area contributed by atoms with Crippen LogP contribution in [-0.4, -0.2) is 30.6 Å². The molecule has 0 spiro atoms. The van der Waals surface area contributed by atoms with Gasteiger partial charge in [0, 0.05) is 5.75 Å².